The summed E-state index contributed by atoms with van der Waals surface area (Å²) in [5.41, 5.74) is 2.92. The number of rotatable bonds is 4. The smallest absolute Gasteiger partial charge is 0.328 e. The van der Waals surface area contributed by atoms with Crippen LogP contribution >= 0.6 is 0 Å². The lowest BCUT2D eigenvalue weighted by atomic mass is 10.0. The van der Waals surface area contributed by atoms with Crippen LogP contribution in [0.3, 0.4) is 0 Å². The molecule has 0 saturated heterocycles. The topological polar surface area (TPSA) is 67.4 Å². The Morgan fingerprint density at radius 3 is 2.60 bits per heavy atom. The van der Waals surface area contributed by atoms with Gasteiger partial charge in [0.2, 0.25) is 0 Å². The molecular weight excluding hydrogens is 256 g/mol. The average Bonchev–Trinajstić information content (AvgIpc) is 2.90. The minimum absolute atomic E-state index is 0.0255. The minimum atomic E-state index is -0.626. The van der Waals surface area contributed by atoms with E-state index in [1.54, 1.807) is 6.07 Å². The number of nitrogens with one attached hydrogen (secondary N) is 2. The molecular formula is C15H20N2O3. The first-order valence-corrected chi connectivity index (χ1v) is 6.74. The molecule has 1 aromatic rings. The highest BCUT2D eigenvalue weighted by atomic mass is 16.5. The third kappa shape index (κ3) is 2.99. The Labute approximate surface area is 118 Å². The zero-order chi connectivity index (χ0) is 14.7. The molecule has 0 saturated carbocycles. The van der Waals surface area contributed by atoms with E-state index in [1.807, 2.05) is 26.0 Å². The lowest BCUT2D eigenvalue weighted by Gasteiger charge is -2.20. The third-order valence-electron chi connectivity index (χ3n) is 3.51. The van der Waals surface area contributed by atoms with Crippen LogP contribution in [0.5, 0.6) is 0 Å². The van der Waals surface area contributed by atoms with Crippen molar-refractivity contribution in [1.82, 2.24) is 10.6 Å². The third-order valence-corrected chi connectivity index (χ3v) is 3.51. The molecule has 108 valence electrons. The van der Waals surface area contributed by atoms with Crippen molar-refractivity contribution in [1.29, 1.82) is 0 Å². The molecule has 5 heteroatoms. The Kier molecular flexibility index (Phi) is 4.39. The normalized spacial score (nSPS) is 14.8. The van der Waals surface area contributed by atoms with Gasteiger partial charge in [-0.05, 0) is 29.2 Å². The van der Waals surface area contributed by atoms with Gasteiger partial charge in [-0.1, -0.05) is 19.9 Å². The van der Waals surface area contributed by atoms with Crippen molar-refractivity contribution in [3.05, 3.63) is 34.9 Å². The van der Waals surface area contributed by atoms with Gasteiger partial charge in [-0.25, -0.2) is 4.79 Å². The summed E-state index contributed by atoms with van der Waals surface area (Å²) in [5.74, 6) is -0.692. The maximum atomic E-state index is 12.2. The van der Waals surface area contributed by atoms with Crippen LogP contribution in [0.4, 0.5) is 0 Å². The second kappa shape index (κ2) is 6.05. The Hall–Kier alpha value is -1.88. The summed E-state index contributed by atoms with van der Waals surface area (Å²) >= 11 is 0. The van der Waals surface area contributed by atoms with Crippen LogP contribution in [0.2, 0.25) is 0 Å². The zero-order valence-corrected chi connectivity index (χ0v) is 12.0. The van der Waals surface area contributed by atoms with Gasteiger partial charge in [0, 0.05) is 18.7 Å². The van der Waals surface area contributed by atoms with Gasteiger partial charge in [0.25, 0.3) is 5.91 Å². The highest BCUT2D eigenvalue weighted by molar-refractivity contribution is 5.97. The average molecular weight is 276 g/mol. The summed E-state index contributed by atoms with van der Waals surface area (Å²) in [6, 6.07) is 4.99. The molecule has 1 heterocycles. The molecule has 0 aromatic heterocycles. The molecule has 1 aliphatic heterocycles. The SMILES string of the molecule is COC(=O)C(NC(=O)c1ccc2c(c1)CNC2)C(C)C. The van der Waals surface area contributed by atoms with Crippen LogP contribution < -0.4 is 10.6 Å². The van der Waals surface area contributed by atoms with Crippen LogP contribution in [-0.2, 0) is 22.6 Å². The van der Waals surface area contributed by atoms with Gasteiger partial charge >= 0.3 is 5.97 Å². The fourth-order valence-corrected chi connectivity index (χ4v) is 2.29. The van der Waals surface area contributed by atoms with E-state index in [1.165, 1.54) is 12.7 Å². The molecule has 1 aliphatic rings. The minimum Gasteiger partial charge on any atom is -0.467 e. The molecule has 0 bridgehead atoms. The number of fused-ring (bicyclic) bond motifs is 1. The Morgan fingerprint density at radius 2 is 1.95 bits per heavy atom. The molecule has 2 rings (SSSR count). The largest absolute Gasteiger partial charge is 0.467 e. The number of amides is 1. The number of carbonyl (C=O) groups is 2. The first-order valence-electron chi connectivity index (χ1n) is 6.74. The summed E-state index contributed by atoms with van der Waals surface area (Å²) in [5, 5.41) is 5.98. The molecule has 5 nitrogen and oxygen atoms in total. The zero-order valence-electron chi connectivity index (χ0n) is 12.0. The van der Waals surface area contributed by atoms with E-state index < -0.39 is 12.0 Å². The molecule has 1 aromatic carbocycles. The first kappa shape index (κ1) is 14.5. The van der Waals surface area contributed by atoms with Gasteiger partial charge in [-0.15, -0.1) is 0 Å². The van der Waals surface area contributed by atoms with Gasteiger partial charge < -0.3 is 15.4 Å². The summed E-state index contributed by atoms with van der Waals surface area (Å²) in [7, 11) is 1.32. The quantitative estimate of drug-likeness (QED) is 0.811. The summed E-state index contributed by atoms with van der Waals surface area (Å²) in [6.45, 7) is 5.36. The Bertz CT molecular complexity index is 526. The highest BCUT2D eigenvalue weighted by Gasteiger charge is 2.25. The number of ether oxygens (including phenoxy) is 1. The summed E-state index contributed by atoms with van der Waals surface area (Å²) in [6.07, 6.45) is 0. The maximum absolute atomic E-state index is 12.2. The van der Waals surface area contributed by atoms with Crippen molar-refractivity contribution in [2.24, 2.45) is 5.92 Å². The number of benzene rings is 1. The van der Waals surface area contributed by atoms with Crippen molar-refractivity contribution in [2.75, 3.05) is 7.11 Å². The number of carbonyl (C=O) groups excluding carboxylic acids is 2. The Morgan fingerprint density at radius 1 is 1.25 bits per heavy atom. The lowest BCUT2D eigenvalue weighted by molar-refractivity contribution is -0.144. The predicted molar refractivity (Wildman–Crippen MR) is 75.1 cm³/mol. The van der Waals surface area contributed by atoms with Crippen molar-refractivity contribution < 1.29 is 14.3 Å². The van der Waals surface area contributed by atoms with Gasteiger partial charge in [0.05, 0.1) is 7.11 Å². The van der Waals surface area contributed by atoms with Gasteiger partial charge in [0.15, 0.2) is 0 Å². The fraction of sp³-hybridized carbons (Fsp3) is 0.467. The monoisotopic (exact) mass is 276 g/mol. The Balaban J connectivity index is 2.12. The standard InChI is InChI=1S/C15H20N2O3/c1-9(2)13(15(19)20-3)17-14(18)10-4-5-11-7-16-8-12(11)6-10/h4-6,9,13,16H,7-8H2,1-3H3,(H,17,18). The van der Waals surface area contributed by atoms with E-state index >= 15 is 0 Å². The molecule has 20 heavy (non-hydrogen) atoms. The van der Waals surface area contributed by atoms with Crippen LogP contribution in [0.1, 0.15) is 35.3 Å². The second-order valence-corrected chi connectivity index (χ2v) is 5.31. The summed E-state index contributed by atoms with van der Waals surface area (Å²) < 4.78 is 4.72. The molecule has 1 atom stereocenters. The predicted octanol–water partition coefficient (Wildman–Crippen LogP) is 1.22. The molecule has 2 N–H and O–H groups in total. The van der Waals surface area contributed by atoms with Gasteiger partial charge in [-0.2, -0.15) is 0 Å². The number of methoxy groups -OCH3 is 1. The van der Waals surface area contributed by atoms with Crippen LogP contribution in [0.15, 0.2) is 18.2 Å². The number of hydrogen-bond donors (Lipinski definition) is 2. The van der Waals surface area contributed by atoms with E-state index in [2.05, 4.69) is 10.6 Å². The van der Waals surface area contributed by atoms with E-state index in [-0.39, 0.29) is 11.8 Å². The molecule has 1 amide bonds. The maximum Gasteiger partial charge on any atom is 0.328 e. The molecule has 0 fully saturated rings. The van der Waals surface area contributed by atoms with E-state index in [4.69, 9.17) is 4.74 Å². The van der Waals surface area contributed by atoms with Crippen LogP contribution in [0, 0.1) is 5.92 Å². The van der Waals surface area contributed by atoms with Crippen molar-refractivity contribution in [2.45, 2.75) is 33.0 Å². The molecule has 0 radical (unpaired) electrons. The number of esters is 1. The van der Waals surface area contributed by atoms with Gasteiger partial charge in [-0.3, -0.25) is 4.79 Å². The first-order chi connectivity index (χ1) is 9.52. The highest BCUT2D eigenvalue weighted by Crippen LogP contribution is 2.17. The summed E-state index contributed by atoms with van der Waals surface area (Å²) in [4.78, 5) is 23.9. The van der Waals surface area contributed by atoms with E-state index in [0.717, 1.165) is 18.7 Å². The fourth-order valence-electron chi connectivity index (χ4n) is 2.29. The van der Waals surface area contributed by atoms with E-state index in [9.17, 15) is 9.59 Å². The van der Waals surface area contributed by atoms with Crippen molar-refractivity contribution in [3.63, 3.8) is 0 Å². The van der Waals surface area contributed by atoms with Crippen molar-refractivity contribution >= 4 is 11.9 Å². The lowest BCUT2D eigenvalue weighted by Crippen LogP contribution is -2.45. The number of hydrogen-bond acceptors (Lipinski definition) is 4. The van der Waals surface area contributed by atoms with Crippen LogP contribution in [0.25, 0.3) is 0 Å². The van der Waals surface area contributed by atoms with E-state index in [0.29, 0.717) is 5.56 Å². The molecule has 0 aliphatic carbocycles. The molecule has 0 spiro atoms. The second-order valence-electron chi connectivity index (χ2n) is 5.31. The molecule has 1 unspecified atom stereocenters. The van der Waals surface area contributed by atoms with Gasteiger partial charge in [0.1, 0.15) is 6.04 Å². The van der Waals surface area contributed by atoms with Crippen molar-refractivity contribution in [3.8, 4) is 0 Å². The van der Waals surface area contributed by atoms with Crippen LogP contribution in [-0.4, -0.2) is 25.0 Å².